The van der Waals surface area contributed by atoms with Crippen LogP contribution in [0.1, 0.15) is 17.2 Å². The predicted octanol–water partition coefficient (Wildman–Crippen LogP) is 2.88. The van der Waals surface area contributed by atoms with Gasteiger partial charge in [-0.2, -0.15) is 0 Å². The number of nitrogens with one attached hydrogen (secondary N) is 1. The lowest BCUT2D eigenvalue weighted by Gasteiger charge is -2.15. The molecule has 0 saturated carbocycles. The highest BCUT2D eigenvalue weighted by molar-refractivity contribution is 7.91. The van der Waals surface area contributed by atoms with Gasteiger partial charge in [-0.05, 0) is 30.2 Å². The molecular weight excluding hydrogens is 310 g/mol. The van der Waals surface area contributed by atoms with Crippen LogP contribution in [0.15, 0.2) is 53.7 Å². The number of hydrogen-bond donors (Lipinski definition) is 1. The maximum Gasteiger partial charge on any atom is 0.181 e. The van der Waals surface area contributed by atoms with E-state index in [9.17, 15) is 8.42 Å². The molecule has 0 radical (unpaired) electrons. The highest BCUT2D eigenvalue weighted by Crippen LogP contribution is 2.36. The normalized spacial score (nSPS) is 18.7. The van der Waals surface area contributed by atoms with Gasteiger partial charge in [0.05, 0.1) is 22.2 Å². The Kier molecular flexibility index (Phi) is 3.09. The molecule has 0 fully saturated rings. The second kappa shape index (κ2) is 5.03. The van der Waals surface area contributed by atoms with Crippen LogP contribution in [0, 0.1) is 6.92 Å². The van der Waals surface area contributed by atoms with E-state index in [4.69, 9.17) is 0 Å². The van der Waals surface area contributed by atoms with E-state index in [1.54, 1.807) is 12.1 Å². The first-order chi connectivity index (χ1) is 11.1. The van der Waals surface area contributed by atoms with Gasteiger partial charge in [0.15, 0.2) is 9.84 Å². The molecule has 1 unspecified atom stereocenters. The largest absolute Gasteiger partial charge is 0.362 e. The summed E-state index contributed by atoms with van der Waals surface area (Å²) in [5.74, 6) is 0.708. The lowest BCUT2D eigenvalue weighted by atomic mass is 10.1. The Morgan fingerprint density at radius 3 is 2.78 bits per heavy atom. The molecule has 0 saturated heterocycles. The van der Waals surface area contributed by atoms with Gasteiger partial charge >= 0.3 is 0 Å². The number of anilines is 1. The van der Waals surface area contributed by atoms with Crippen molar-refractivity contribution in [2.75, 3.05) is 11.1 Å². The number of para-hydroxylation sites is 1. The van der Waals surface area contributed by atoms with Gasteiger partial charge in [-0.25, -0.2) is 18.4 Å². The Hall–Kier alpha value is -2.47. The maximum atomic E-state index is 12.3. The number of aryl methyl sites for hydroxylation is 1. The molecule has 116 valence electrons. The summed E-state index contributed by atoms with van der Waals surface area (Å²) in [6.07, 6.45) is 1.51. The highest BCUT2D eigenvalue weighted by Gasteiger charge is 2.34. The minimum absolute atomic E-state index is 0.0453. The molecule has 2 heterocycles. The van der Waals surface area contributed by atoms with E-state index >= 15 is 0 Å². The number of nitrogens with zero attached hydrogens (tertiary/aromatic N) is 2. The number of fused-ring (bicyclic) bond motifs is 2. The minimum atomic E-state index is -3.24. The summed E-state index contributed by atoms with van der Waals surface area (Å²) in [6, 6.07) is 12.7. The smallest absolute Gasteiger partial charge is 0.181 e. The van der Waals surface area contributed by atoms with Gasteiger partial charge in [-0.1, -0.05) is 30.3 Å². The highest BCUT2D eigenvalue weighted by atomic mass is 32.2. The first-order valence-corrected chi connectivity index (χ1v) is 9.00. The molecule has 2 aromatic carbocycles. The summed E-state index contributed by atoms with van der Waals surface area (Å²) in [6.45, 7) is 1.99. The molecule has 23 heavy (non-hydrogen) atoms. The van der Waals surface area contributed by atoms with E-state index in [2.05, 4.69) is 15.3 Å². The zero-order chi connectivity index (χ0) is 16.0. The summed E-state index contributed by atoms with van der Waals surface area (Å²) in [5, 5.41) is 4.19. The van der Waals surface area contributed by atoms with Crippen molar-refractivity contribution >= 4 is 26.6 Å². The van der Waals surface area contributed by atoms with E-state index in [0.717, 1.165) is 22.0 Å². The molecule has 0 bridgehead atoms. The maximum absolute atomic E-state index is 12.3. The standard InChI is InChI=1S/C17H15N3O2S/c1-11-5-4-7-13-16(11)18-10-19-17(13)20-14-9-23(21,22)15-8-3-2-6-12(14)15/h2-8,10,14H,9H2,1H3,(H,18,19,20). The molecule has 1 aliphatic heterocycles. The number of aromatic nitrogens is 2. The Morgan fingerprint density at radius 1 is 1.09 bits per heavy atom. The van der Waals surface area contributed by atoms with Gasteiger partial charge < -0.3 is 5.32 Å². The number of hydrogen-bond acceptors (Lipinski definition) is 5. The van der Waals surface area contributed by atoms with Crippen LogP contribution in [0.3, 0.4) is 0 Å². The van der Waals surface area contributed by atoms with Crippen LogP contribution < -0.4 is 5.32 Å². The lowest BCUT2D eigenvalue weighted by molar-refractivity contribution is 0.598. The summed E-state index contributed by atoms with van der Waals surface area (Å²) in [4.78, 5) is 9.04. The summed E-state index contributed by atoms with van der Waals surface area (Å²) in [7, 11) is -3.24. The molecule has 5 nitrogen and oxygen atoms in total. The second-order valence-electron chi connectivity index (χ2n) is 5.71. The van der Waals surface area contributed by atoms with Crippen molar-refractivity contribution in [2.24, 2.45) is 0 Å². The molecule has 1 aromatic heterocycles. The zero-order valence-electron chi connectivity index (χ0n) is 12.5. The van der Waals surface area contributed by atoms with Crippen molar-refractivity contribution < 1.29 is 8.42 Å². The summed E-state index contributed by atoms with van der Waals surface area (Å²) < 4.78 is 24.6. The fraction of sp³-hybridized carbons (Fsp3) is 0.176. The van der Waals surface area contributed by atoms with E-state index < -0.39 is 9.84 Å². The van der Waals surface area contributed by atoms with Gasteiger partial charge in [0, 0.05) is 5.39 Å². The van der Waals surface area contributed by atoms with Gasteiger partial charge in [0.2, 0.25) is 0 Å². The fourth-order valence-corrected chi connectivity index (χ4v) is 4.82. The van der Waals surface area contributed by atoms with Gasteiger partial charge in [0.25, 0.3) is 0 Å². The van der Waals surface area contributed by atoms with Gasteiger partial charge in [0.1, 0.15) is 12.1 Å². The molecule has 0 amide bonds. The first kappa shape index (κ1) is 14.1. The molecule has 3 aromatic rings. The van der Waals surface area contributed by atoms with Crippen LogP contribution in [-0.2, 0) is 9.84 Å². The average molecular weight is 325 g/mol. The number of sulfone groups is 1. The molecule has 0 spiro atoms. The molecule has 0 aliphatic carbocycles. The van der Waals surface area contributed by atoms with Crippen molar-refractivity contribution in [3.63, 3.8) is 0 Å². The quantitative estimate of drug-likeness (QED) is 0.784. The third-order valence-corrected chi connectivity index (χ3v) is 6.01. The topological polar surface area (TPSA) is 72.0 Å². The number of benzene rings is 2. The minimum Gasteiger partial charge on any atom is -0.362 e. The van der Waals surface area contributed by atoms with E-state index in [-0.39, 0.29) is 11.8 Å². The summed E-state index contributed by atoms with van der Waals surface area (Å²) in [5.41, 5.74) is 2.73. The molecule has 1 atom stereocenters. The van der Waals surface area contributed by atoms with Crippen molar-refractivity contribution in [1.29, 1.82) is 0 Å². The van der Waals surface area contributed by atoms with Crippen LogP contribution in [0.4, 0.5) is 5.82 Å². The second-order valence-corrected chi connectivity index (χ2v) is 7.71. The van der Waals surface area contributed by atoms with Crippen LogP contribution in [-0.4, -0.2) is 24.1 Å². The number of rotatable bonds is 2. The van der Waals surface area contributed by atoms with Crippen LogP contribution in [0.2, 0.25) is 0 Å². The van der Waals surface area contributed by atoms with Gasteiger partial charge in [-0.3, -0.25) is 0 Å². The molecule has 1 aliphatic rings. The van der Waals surface area contributed by atoms with Crippen LogP contribution in [0.25, 0.3) is 10.9 Å². The fourth-order valence-electron chi connectivity index (χ4n) is 3.09. The van der Waals surface area contributed by atoms with Crippen LogP contribution >= 0.6 is 0 Å². The van der Waals surface area contributed by atoms with Crippen molar-refractivity contribution in [1.82, 2.24) is 9.97 Å². The Bertz CT molecular complexity index is 1020. The van der Waals surface area contributed by atoms with Crippen LogP contribution in [0.5, 0.6) is 0 Å². The Morgan fingerprint density at radius 2 is 1.91 bits per heavy atom. The lowest BCUT2D eigenvalue weighted by Crippen LogP contribution is -2.14. The molecular formula is C17H15N3O2S. The van der Waals surface area contributed by atoms with Crippen molar-refractivity contribution in [3.05, 3.63) is 59.9 Å². The van der Waals surface area contributed by atoms with Crippen molar-refractivity contribution in [2.45, 2.75) is 17.9 Å². The predicted molar refractivity (Wildman–Crippen MR) is 89.1 cm³/mol. The zero-order valence-corrected chi connectivity index (χ0v) is 13.3. The van der Waals surface area contributed by atoms with Gasteiger partial charge in [-0.15, -0.1) is 0 Å². The Balaban J connectivity index is 1.80. The Labute approximate surface area is 134 Å². The van der Waals surface area contributed by atoms with E-state index in [0.29, 0.717) is 10.7 Å². The third kappa shape index (κ3) is 2.26. The van der Waals surface area contributed by atoms with E-state index in [1.165, 1.54) is 6.33 Å². The third-order valence-electron chi connectivity index (χ3n) is 4.19. The SMILES string of the molecule is Cc1cccc2c(NC3CS(=O)(=O)c4ccccc43)ncnc12. The van der Waals surface area contributed by atoms with E-state index in [1.807, 2.05) is 37.3 Å². The first-order valence-electron chi connectivity index (χ1n) is 7.35. The average Bonchev–Trinajstić information content (AvgIpc) is 2.80. The molecule has 6 heteroatoms. The summed E-state index contributed by atoms with van der Waals surface area (Å²) >= 11 is 0. The molecule has 1 N–H and O–H groups in total. The monoisotopic (exact) mass is 325 g/mol. The van der Waals surface area contributed by atoms with Crippen molar-refractivity contribution in [3.8, 4) is 0 Å². The molecule has 4 rings (SSSR count).